The second-order valence-electron chi connectivity index (χ2n) is 6.88. The van der Waals surface area contributed by atoms with Gasteiger partial charge in [-0.2, -0.15) is 0 Å². The van der Waals surface area contributed by atoms with Crippen LogP contribution in [0.5, 0.6) is 0 Å². The molecule has 0 radical (unpaired) electrons. The summed E-state index contributed by atoms with van der Waals surface area (Å²) in [5.74, 6) is -0.331. The molecule has 1 heterocycles. The molecule has 1 N–H and O–H groups in total. The van der Waals surface area contributed by atoms with Gasteiger partial charge in [0.2, 0.25) is 0 Å². The van der Waals surface area contributed by atoms with Crippen molar-refractivity contribution in [2.45, 2.75) is 19.8 Å². The van der Waals surface area contributed by atoms with E-state index in [1.54, 1.807) is 48.6 Å². The summed E-state index contributed by atoms with van der Waals surface area (Å²) in [4.78, 5) is 31.2. The lowest BCUT2D eigenvalue weighted by Gasteiger charge is -2.17. The van der Waals surface area contributed by atoms with E-state index in [4.69, 9.17) is 0 Å². The second kappa shape index (κ2) is 9.64. The Kier molecular flexibility index (Phi) is 6.74. The summed E-state index contributed by atoms with van der Waals surface area (Å²) >= 11 is 0. The van der Waals surface area contributed by atoms with E-state index in [2.05, 4.69) is 10.3 Å². The Bertz CT molecular complexity index is 986. The second-order valence-corrected chi connectivity index (χ2v) is 6.88. The number of benzene rings is 2. The van der Waals surface area contributed by atoms with Crippen molar-refractivity contribution < 1.29 is 9.59 Å². The van der Waals surface area contributed by atoms with Gasteiger partial charge in [0.15, 0.2) is 0 Å². The third kappa shape index (κ3) is 5.29. The van der Waals surface area contributed by atoms with Crippen molar-refractivity contribution in [3.63, 3.8) is 0 Å². The van der Waals surface area contributed by atoms with E-state index in [9.17, 15) is 9.59 Å². The zero-order valence-electron chi connectivity index (χ0n) is 16.8. The van der Waals surface area contributed by atoms with Gasteiger partial charge in [0, 0.05) is 42.8 Å². The molecule has 1 aromatic heterocycles. The summed E-state index contributed by atoms with van der Waals surface area (Å²) in [6, 6.07) is 18.5. The molecule has 3 aromatic rings. The molecule has 0 spiro atoms. The minimum Gasteiger partial charge on any atom is -0.341 e. The number of aromatic nitrogens is 1. The minimum absolute atomic E-state index is 0.109. The summed E-state index contributed by atoms with van der Waals surface area (Å²) in [5.41, 5.74) is 3.96. The normalized spacial score (nSPS) is 10.4. The van der Waals surface area contributed by atoms with E-state index in [0.717, 1.165) is 29.7 Å². The van der Waals surface area contributed by atoms with Crippen molar-refractivity contribution in [2.75, 3.05) is 18.9 Å². The van der Waals surface area contributed by atoms with Crippen LogP contribution < -0.4 is 5.32 Å². The van der Waals surface area contributed by atoms with Gasteiger partial charge in [0.05, 0.1) is 0 Å². The number of aryl methyl sites for hydroxylation is 1. The van der Waals surface area contributed by atoms with Crippen molar-refractivity contribution in [1.29, 1.82) is 0 Å². The van der Waals surface area contributed by atoms with E-state index in [1.165, 1.54) is 0 Å². The standard InChI is InChI=1S/C24H25N3O2/c1-3-19-7-4-5-10-22(19)26-23(28)20-8-6-9-21(17-20)24(29)27(2)16-13-18-11-14-25-15-12-18/h4-12,14-15,17H,3,13,16H2,1-2H3,(H,26,28). The molecule has 2 aromatic carbocycles. The summed E-state index contributed by atoms with van der Waals surface area (Å²) < 4.78 is 0. The average Bonchev–Trinajstić information content (AvgIpc) is 2.78. The third-order valence-electron chi connectivity index (χ3n) is 4.85. The topological polar surface area (TPSA) is 62.3 Å². The average molecular weight is 387 g/mol. The first-order valence-corrected chi connectivity index (χ1v) is 9.72. The summed E-state index contributed by atoms with van der Waals surface area (Å²) in [7, 11) is 1.77. The van der Waals surface area contributed by atoms with E-state index in [-0.39, 0.29) is 11.8 Å². The molecule has 29 heavy (non-hydrogen) atoms. The number of likely N-dealkylation sites (N-methyl/N-ethyl adjacent to an activating group) is 1. The highest BCUT2D eigenvalue weighted by Crippen LogP contribution is 2.17. The Balaban J connectivity index is 1.67. The van der Waals surface area contributed by atoms with E-state index in [0.29, 0.717) is 17.7 Å². The predicted octanol–water partition coefficient (Wildman–Crippen LogP) is 4.21. The maximum absolute atomic E-state index is 12.8. The lowest BCUT2D eigenvalue weighted by Crippen LogP contribution is -2.29. The van der Waals surface area contributed by atoms with Crippen LogP contribution in [0.25, 0.3) is 0 Å². The van der Waals surface area contributed by atoms with Gasteiger partial charge in [-0.1, -0.05) is 31.2 Å². The number of para-hydroxylation sites is 1. The Labute approximate surface area is 171 Å². The molecule has 5 heteroatoms. The zero-order chi connectivity index (χ0) is 20.6. The number of rotatable bonds is 7. The van der Waals surface area contributed by atoms with Gasteiger partial charge < -0.3 is 10.2 Å². The fourth-order valence-corrected chi connectivity index (χ4v) is 3.11. The molecular formula is C24H25N3O2. The monoisotopic (exact) mass is 387 g/mol. The van der Waals surface area contributed by atoms with Crippen LogP contribution in [0, 0.1) is 0 Å². The smallest absolute Gasteiger partial charge is 0.255 e. The molecule has 0 saturated carbocycles. The number of anilines is 1. The molecule has 3 rings (SSSR count). The highest BCUT2D eigenvalue weighted by molar-refractivity contribution is 6.06. The molecule has 0 fully saturated rings. The number of pyridine rings is 1. The lowest BCUT2D eigenvalue weighted by atomic mass is 10.1. The minimum atomic E-state index is -0.222. The van der Waals surface area contributed by atoms with E-state index < -0.39 is 0 Å². The molecule has 0 atom stereocenters. The Hall–Kier alpha value is -3.47. The molecule has 148 valence electrons. The van der Waals surface area contributed by atoms with Crippen LogP contribution >= 0.6 is 0 Å². The molecule has 0 unspecified atom stereocenters. The van der Waals surface area contributed by atoms with Gasteiger partial charge in [0.1, 0.15) is 0 Å². The summed E-state index contributed by atoms with van der Waals surface area (Å²) in [5, 5.41) is 2.95. The number of carbonyl (C=O) groups excluding carboxylic acids is 2. The number of hydrogen-bond donors (Lipinski definition) is 1. The van der Waals surface area contributed by atoms with Crippen molar-refractivity contribution in [1.82, 2.24) is 9.88 Å². The first-order chi connectivity index (χ1) is 14.1. The first-order valence-electron chi connectivity index (χ1n) is 9.72. The zero-order valence-corrected chi connectivity index (χ0v) is 16.8. The van der Waals surface area contributed by atoms with Crippen LogP contribution in [-0.2, 0) is 12.8 Å². The highest BCUT2D eigenvalue weighted by Gasteiger charge is 2.15. The number of hydrogen-bond acceptors (Lipinski definition) is 3. The number of amides is 2. The van der Waals surface area contributed by atoms with Crippen LogP contribution in [0.2, 0.25) is 0 Å². The fraction of sp³-hybridized carbons (Fsp3) is 0.208. The van der Waals surface area contributed by atoms with Crippen molar-refractivity contribution >= 4 is 17.5 Å². The maximum Gasteiger partial charge on any atom is 0.255 e. The largest absolute Gasteiger partial charge is 0.341 e. The van der Waals surface area contributed by atoms with Crippen molar-refractivity contribution in [2.24, 2.45) is 0 Å². The Morgan fingerprint density at radius 2 is 1.69 bits per heavy atom. The molecule has 0 bridgehead atoms. The summed E-state index contributed by atoms with van der Waals surface area (Å²) in [6.07, 6.45) is 5.07. The number of carbonyl (C=O) groups is 2. The quantitative estimate of drug-likeness (QED) is 0.660. The number of nitrogens with one attached hydrogen (secondary N) is 1. The van der Waals surface area contributed by atoms with Gasteiger partial charge in [-0.15, -0.1) is 0 Å². The van der Waals surface area contributed by atoms with Gasteiger partial charge in [-0.3, -0.25) is 14.6 Å². The van der Waals surface area contributed by atoms with Gasteiger partial charge in [-0.25, -0.2) is 0 Å². The molecule has 0 saturated heterocycles. The van der Waals surface area contributed by atoms with Crippen LogP contribution in [0.3, 0.4) is 0 Å². The first kappa shape index (κ1) is 20.3. The molecule has 0 aliphatic carbocycles. The maximum atomic E-state index is 12.8. The summed E-state index contributed by atoms with van der Waals surface area (Å²) in [6.45, 7) is 2.63. The fourth-order valence-electron chi connectivity index (χ4n) is 3.11. The SMILES string of the molecule is CCc1ccccc1NC(=O)c1cccc(C(=O)N(C)CCc2ccncc2)c1. The van der Waals surface area contributed by atoms with Crippen molar-refractivity contribution in [3.05, 3.63) is 95.3 Å². The molecule has 0 aliphatic rings. The third-order valence-corrected chi connectivity index (χ3v) is 4.85. The van der Waals surface area contributed by atoms with Gasteiger partial charge >= 0.3 is 0 Å². The molecule has 0 aliphatic heterocycles. The predicted molar refractivity (Wildman–Crippen MR) is 115 cm³/mol. The molecule has 2 amide bonds. The lowest BCUT2D eigenvalue weighted by molar-refractivity contribution is 0.0796. The Morgan fingerprint density at radius 3 is 2.45 bits per heavy atom. The Morgan fingerprint density at radius 1 is 0.966 bits per heavy atom. The van der Waals surface area contributed by atoms with Crippen LogP contribution in [0.15, 0.2) is 73.1 Å². The molecular weight excluding hydrogens is 362 g/mol. The van der Waals surface area contributed by atoms with Crippen molar-refractivity contribution in [3.8, 4) is 0 Å². The van der Waals surface area contributed by atoms with Crippen LogP contribution in [-0.4, -0.2) is 35.3 Å². The van der Waals surface area contributed by atoms with Gasteiger partial charge in [-0.05, 0) is 60.4 Å². The van der Waals surface area contributed by atoms with Crippen LogP contribution in [0.4, 0.5) is 5.69 Å². The molecule has 5 nitrogen and oxygen atoms in total. The van der Waals surface area contributed by atoms with E-state index >= 15 is 0 Å². The number of nitrogens with zero attached hydrogens (tertiary/aromatic N) is 2. The van der Waals surface area contributed by atoms with E-state index in [1.807, 2.05) is 43.3 Å². The highest BCUT2D eigenvalue weighted by atomic mass is 16.2. The van der Waals surface area contributed by atoms with Crippen LogP contribution in [0.1, 0.15) is 38.8 Å². The van der Waals surface area contributed by atoms with Gasteiger partial charge in [0.25, 0.3) is 11.8 Å².